The Hall–Kier alpha value is -3.01. The summed E-state index contributed by atoms with van der Waals surface area (Å²) in [5, 5.41) is 9.38. The number of rotatable bonds is 3. The Bertz CT molecular complexity index is 875. The topological polar surface area (TPSA) is 71.4 Å². The summed E-state index contributed by atoms with van der Waals surface area (Å²) in [5.41, 5.74) is 2.44. The molecule has 0 aromatic heterocycles. The van der Waals surface area contributed by atoms with Crippen molar-refractivity contribution in [1.82, 2.24) is 0 Å². The van der Waals surface area contributed by atoms with Crippen molar-refractivity contribution in [2.75, 3.05) is 0 Å². The molecule has 0 spiro atoms. The van der Waals surface area contributed by atoms with Gasteiger partial charge >= 0.3 is 5.97 Å². The average Bonchev–Trinajstić information content (AvgIpc) is 2.52. The number of carboxylic acids is 1. The molecule has 0 saturated carbocycles. The molecule has 2 aromatic carbocycles. The second-order valence-corrected chi connectivity index (χ2v) is 5.50. The van der Waals surface area contributed by atoms with Crippen LogP contribution in [0.15, 0.2) is 54.1 Å². The number of ketones is 2. The van der Waals surface area contributed by atoms with Gasteiger partial charge in [-0.05, 0) is 24.1 Å². The van der Waals surface area contributed by atoms with Crippen molar-refractivity contribution in [3.63, 3.8) is 0 Å². The first-order valence-electron chi connectivity index (χ1n) is 7.19. The highest BCUT2D eigenvalue weighted by atomic mass is 16.4. The molecule has 4 heteroatoms. The number of Topliss-reactive ketones (excluding diaryl/α,β-unsaturated/α-hetero) is 1. The SMILES string of the molecule is Cc1cccc(CC2=CC(=O)c3ccccc3C2=O)c1C(=O)O. The van der Waals surface area contributed by atoms with Gasteiger partial charge in [0, 0.05) is 23.1 Å². The fraction of sp³-hybridized carbons (Fsp3) is 0.105. The van der Waals surface area contributed by atoms with Crippen LogP contribution in [0.1, 0.15) is 42.2 Å². The lowest BCUT2D eigenvalue weighted by Crippen LogP contribution is -2.19. The summed E-state index contributed by atoms with van der Waals surface area (Å²) >= 11 is 0. The molecule has 4 nitrogen and oxygen atoms in total. The maximum absolute atomic E-state index is 12.6. The fourth-order valence-corrected chi connectivity index (χ4v) is 2.89. The third kappa shape index (κ3) is 2.59. The van der Waals surface area contributed by atoms with Crippen LogP contribution in [0, 0.1) is 6.92 Å². The lowest BCUT2D eigenvalue weighted by atomic mass is 9.85. The average molecular weight is 306 g/mol. The Morgan fingerprint density at radius 1 is 1.00 bits per heavy atom. The van der Waals surface area contributed by atoms with Gasteiger partial charge in [-0.25, -0.2) is 4.79 Å². The lowest BCUT2D eigenvalue weighted by molar-refractivity contribution is 0.0694. The molecule has 0 bridgehead atoms. The zero-order valence-electron chi connectivity index (χ0n) is 12.5. The van der Waals surface area contributed by atoms with Gasteiger partial charge in [-0.3, -0.25) is 9.59 Å². The maximum Gasteiger partial charge on any atom is 0.336 e. The molecule has 0 aliphatic heterocycles. The third-order valence-electron chi connectivity index (χ3n) is 3.99. The van der Waals surface area contributed by atoms with E-state index in [2.05, 4.69) is 0 Å². The second kappa shape index (κ2) is 5.65. The number of aromatic carboxylic acids is 1. The van der Waals surface area contributed by atoms with Crippen LogP contribution < -0.4 is 0 Å². The molecule has 0 radical (unpaired) electrons. The number of allylic oxidation sites excluding steroid dienone is 2. The predicted octanol–water partition coefficient (Wildman–Crippen LogP) is 3.24. The third-order valence-corrected chi connectivity index (χ3v) is 3.99. The Balaban J connectivity index is 2.03. The van der Waals surface area contributed by atoms with Crippen LogP contribution in [0.4, 0.5) is 0 Å². The molecular weight excluding hydrogens is 292 g/mol. The summed E-state index contributed by atoms with van der Waals surface area (Å²) in [6.07, 6.45) is 1.45. The zero-order chi connectivity index (χ0) is 16.6. The standard InChI is InChI=1S/C19H14O4/c1-11-5-4-6-12(17(11)19(22)23)9-13-10-16(20)14-7-2-3-8-15(14)18(13)21/h2-8,10H,9H2,1H3,(H,22,23). The summed E-state index contributed by atoms with van der Waals surface area (Å²) in [6, 6.07) is 11.8. The summed E-state index contributed by atoms with van der Waals surface area (Å²) in [4.78, 5) is 36.2. The van der Waals surface area contributed by atoms with E-state index in [4.69, 9.17) is 0 Å². The monoisotopic (exact) mass is 306 g/mol. The van der Waals surface area contributed by atoms with Crippen molar-refractivity contribution >= 4 is 17.5 Å². The molecule has 1 N–H and O–H groups in total. The van der Waals surface area contributed by atoms with E-state index in [-0.39, 0.29) is 23.6 Å². The predicted molar refractivity (Wildman–Crippen MR) is 85.0 cm³/mol. The number of fused-ring (bicyclic) bond motifs is 1. The fourth-order valence-electron chi connectivity index (χ4n) is 2.89. The molecular formula is C19H14O4. The highest BCUT2D eigenvalue weighted by Gasteiger charge is 2.26. The van der Waals surface area contributed by atoms with Crippen LogP contribution in [0.25, 0.3) is 0 Å². The molecule has 0 heterocycles. The van der Waals surface area contributed by atoms with E-state index in [0.29, 0.717) is 27.8 Å². The van der Waals surface area contributed by atoms with Crippen molar-refractivity contribution in [3.8, 4) is 0 Å². The van der Waals surface area contributed by atoms with Gasteiger partial charge in [0.1, 0.15) is 0 Å². The molecule has 0 unspecified atom stereocenters. The van der Waals surface area contributed by atoms with Gasteiger partial charge in [0.2, 0.25) is 0 Å². The largest absolute Gasteiger partial charge is 0.478 e. The number of aryl methyl sites for hydroxylation is 1. The smallest absolute Gasteiger partial charge is 0.336 e. The Kier molecular flexibility index (Phi) is 3.66. The number of carbonyl (C=O) groups excluding carboxylic acids is 2. The minimum absolute atomic E-state index is 0.127. The van der Waals surface area contributed by atoms with Gasteiger partial charge in [-0.15, -0.1) is 0 Å². The summed E-state index contributed by atoms with van der Waals surface area (Å²) in [5.74, 6) is -1.48. The van der Waals surface area contributed by atoms with Gasteiger partial charge in [0.25, 0.3) is 0 Å². The van der Waals surface area contributed by atoms with Crippen LogP contribution in [-0.4, -0.2) is 22.6 Å². The lowest BCUT2D eigenvalue weighted by Gasteiger charge is -2.16. The number of carboxylic acid groups (broad SMARTS) is 1. The van der Waals surface area contributed by atoms with Crippen LogP contribution in [0.3, 0.4) is 0 Å². The van der Waals surface area contributed by atoms with Gasteiger partial charge < -0.3 is 5.11 Å². The molecule has 0 atom stereocenters. The second-order valence-electron chi connectivity index (χ2n) is 5.50. The van der Waals surface area contributed by atoms with Crippen LogP contribution in [-0.2, 0) is 6.42 Å². The van der Waals surface area contributed by atoms with Crippen LogP contribution in [0.5, 0.6) is 0 Å². The van der Waals surface area contributed by atoms with E-state index >= 15 is 0 Å². The van der Waals surface area contributed by atoms with Crippen LogP contribution >= 0.6 is 0 Å². The number of carbonyl (C=O) groups is 3. The number of benzene rings is 2. The molecule has 0 saturated heterocycles. The highest BCUT2D eigenvalue weighted by molar-refractivity contribution is 6.24. The first kappa shape index (κ1) is 14.9. The molecule has 1 aliphatic carbocycles. The van der Waals surface area contributed by atoms with E-state index in [1.165, 1.54) is 6.08 Å². The van der Waals surface area contributed by atoms with Gasteiger partial charge in [-0.2, -0.15) is 0 Å². The van der Waals surface area contributed by atoms with E-state index < -0.39 is 5.97 Å². The van der Waals surface area contributed by atoms with Gasteiger partial charge in [-0.1, -0.05) is 42.5 Å². The van der Waals surface area contributed by atoms with E-state index in [9.17, 15) is 19.5 Å². The summed E-state index contributed by atoms with van der Waals surface area (Å²) in [7, 11) is 0. The van der Waals surface area contributed by atoms with E-state index in [1.54, 1.807) is 49.4 Å². The summed E-state index contributed by atoms with van der Waals surface area (Å²) in [6.45, 7) is 1.71. The Morgan fingerprint density at radius 3 is 2.39 bits per heavy atom. The van der Waals surface area contributed by atoms with E-state index in [0.717, 1.165) is 0 Å². The first-order valence-corrected chi connectivity index (χ1v) is 7.19. The molecule has 1 aliphatic rings. The molecule has 3 rings (SSSR count). The van der Waals surface area contributed by atoms with Crippen molar-refractivity contribution in [2.45, 2.75) is 13.3 Å². The minimum Gasteiger partial charge on any atom is -0.478 e. The van der Waals surface area contributed by atoms with Gasteiger partial charge in [0.15, 0.2) is 11.6 Å². The quantitative estimate of drug-likeness (QED) is 0.945. The minimum atomic E-state index is -1.03. The van der Waals surface area contributed by atoms with E-state index in [1.807, 2.05) is 0 Å². The van der Waals surface area contributed by atoms with Crippen LogP contribution in [0.2, 0.25) is 0 Å². The molecule has 114 valence electrons. The number of hydrogen-bond acceptors (Lipinski definition) is 3. The normalized spacial score (nSPS) is 13.5. The first-order chi connectivity index (χ1) is 11.0. The molecule has 23 heavy (non-hydrogen) atoms. The molecule has 0 amide bonds. The highest BCUT2D eigenvalue weighted by Crippen LogP contribution is 2.25. The molecule has 0 fully saturated rings. The van der Waals surface area contributed by atoms with Crippen molar-refractivity contribution in [2.24, 2.45) is 0 Å². The Morgan fingerprint density at radius 2 is 1.70 bits per heavy atom. The zero-order valence-corrected chi connectivity index (χ0v) is 12.5. The molecule has 2 aromatic rings. The number of hydrogen-bond donors (Lipinski definition) is 1. The van der Waals surface area contributed by atoms with Crippen molar-refractivity contribution in [3.05, 3.63) is 81.9 Å². The summed E-state index contributed by atoms with van der Waals surface area (Å²) < 4.78 is 0. The van der Waals surface area contributed by atoms with Gasteiger partial charge in [0.05, 0.1) is 5.56 Å². The maximum atomic E-state index is 12.6. The van der Waals surface area contributed by atoms with Crippen molar-refractivity contribution in [1.29, 1.82) is 0 Å². The Labute approximate surface area is 133 Å². The van der Waals surface area contributed by atoms with Crippen molar-refractivity contribution < 1.29 is 19.5 Å².